The Bertz CT molecular complexity index is 989. The van der Waals surface area contributed by atoms with Crippen LogP contribution in [0.2, 0.25) is 0 Å². The first-order valence-electron chi connectivity index (χ1n) is 18.0. The van der Waals surface area contributed by atoms with Gasteiger partial charge in [-0.2, -0.15) is 0 Å². The molecular formula is C36H61N2O4+. The van der Waals surface area contributed by atoms with Crippen LogP contribution in [0.5, 0.6) is 0 Å². The van der Waals surface area contributed by atoms with Crippen molar-refractivity contribution in [2.75, 3.05) is 33.2 Å². The van der Waals surface area contributed by atoms with E-state index >= 15 is 0 Å². The van der Waals surface area contributed by atoms with E-state index in [9.17, 15) is 9.59 Å². The van der Waals surface area contributed by atoms with Crippen molar-refractivity contribution >= 4 is 11.9 Å². The lowest BCUT2D eigenvalue weighted by atomic mass is 9.44. The molecule has 0 amide bonds. The monoisotopic (exact) mass is 585 g/mol. The first-order chi connectivity index (χ1) is 20.1. The number of nitrogens with zero attached hydrogens (tertiary/aromatic N) is 2. The fourth-order valence-electron chi connectivity index (χ4n) is 11.9. The van der Waals surface area contributed by atoms with Gasteiger partial charge in [0.05, 0.1) is 20.1 Å². The van der Waals surface area contributed by atoms with Gasteiger partial charge in [-0.3, -0.25) is 14.5 Å². The highest BCUT2D eigenvalue weighted by atomic mass is 16.5. The third-order valence-electron chi connectivity index (χ3n) is 14.1. The largest absolute Gasteiger partial charge is 0.461 e. The summed E-state index contributed by atoms with van der Waals surface area (Å²) in [6.45, 7) is 13.6. The molecule has 6 aliphatic rings. The molecule has 0 radical (unpaired) electrons. The number of quaternary nitrogens is 1. The Hall–Kier alpha value is -1.14. The maximum absolute atomic E-state index is 13.1. The molecule has 2 saturated heterocycles. The van der Waals surface area contributed by atoms with Crippen LogP contribution in [0.15, 0.2) is 0 Å². The number of likely N-dealkylation sites (tertiary alicyclic amines) is 2. The van der Waals surface area contributed by atoms with Gasteiger partial charge in [-0.25, -0.2) is 0 Å². The van der Waals surface area contributed by atoms with Gasteiger partial charge >= 0.3 is 11.9 Å². The summed E-state index contributed by atoms with van der Waals surface area (Å²) in [4.78, 5) is 28.0. The molecule has 6 heteroatoms. The molecule has 10 atom stereocenters. The fourth-order valence-corrected chi connectivity index (χ4v) is 11.9. The minimum atomic E-state index is -0.109. The lowest BCUT2D eigenvalue weighted by Crippen LogP contribution is -2.61. The smallest absolute Gasteiger partial charge is 0.306 e. The lowest BCUT2D eigenvalue weighted by molar-refractivity contribution is -0.940. The van der Waals surface area contributed by atoms with E-state index in [2.05, 4.69) is 32.7 Å². The number of hydrogen-bond donors (Lipinski definition) is 0. The Morgan fingerprint density at radius 3 is 2.29 bits per heavy atom. The number of esters is 2. The summed E-state index contributed by atoms with van der Waals surface area (Å²) in [6, 6.07) is 0.797. The van der Waals surface area contributed by atoms with Crippen LogP contribution in [-0.4, -0.2) is 78.8 Å². The number of ether oxygens (including phenoxy) is 2. The van der Waals surface area contributed by atoms with E-state index in [1.807, 2.05) is 0 Å². The summed E-state index contributed by atoms with van der Waals surface area (Å²) >= 11 is 0. The van der Waals surface area contributed by atoms with Gasteiger partial charge in [0.2, 0.25) is 0 Å². The van der Waals surface area contributed by atoms with E-state index in [-0.39, 0.29) is 29.6 Å². The van der Waals surface area contributed by atoms with Crippen LogP contribution in [0.4, 0.5) is 0 Å². The minimum absolute atomic E-state index is 0.0314. The number of piperidine rings is 2. The maximum atomic E-state index is 13.1. The predicted molar refractivity (Wildman–Crippen MR) is 166 cm³/mol. The molecule has 0 spiro atoms. The van der Waals surface area contributed by atoms with Crippen LogP contribution in [0, 0.1) is 34.5 Å². The van der Waals surface area contributed by atoms with Crippen molar-refractivity contribution in [2.24, 2.45) is 34.5 Å². The first kappa shape index (κ1) is 30.9. The molecule has 4 saturated carbocycles. The predicted octanol–water partition coefficient (Wildman–Crippen LogP) is 6.75. The summed E-state index contributed by atoms with van der Waals surface area (Å²) in [7, 11) is 2.49. The molecule has 0 aromatic rings. The number of rotatable bonds is 6. The standard InChI is InChI=1S/C36H61N2O4/c1-6-13-33(40)42-34-31(38(5)20-11-8-12-21-38)23-29-27-15-14-26-22-32(41-25(2)39)30(37-18-9-7-10-19-37)24-36(26,4)28(27)16-17-35(29,34)3/h26-32,34H,6-24H2,1-5H3/q+1/t26-,27?,28?,29?,30-,31-,32-,34+,35-,36-/m0/s1. The Morgan fingerprint density at radius 1 is 0.881 bits per heavy atom. The molecule has 0 aromatic heterocycles. The van der Waals surface area contributed by atoms with Gasteiger partial charge in [0, 0.05) is 31.2 Å². The van der Waals surface area contributed by atoms with Crippen molar-refractivity contribution in [1.29, 1.82) is 0 Å². The third-order valence-corrected chi connectivity index (χ3v) is 14.1. The fraction of sp³-hybridized carbons (Fsp3) is 0.944. The second kappa shape index (κ2) is 12.0. The van der Waals surface area contributed by atoms with E-state index in [0.29, 0.717) is 41.7 Å². The zero-order valence-corrected chi connectivity index (χ0v) is 27.6. The van der Waals surface area contributed by atoms with Gasteiger partial charge in [0.25, 0.3) is 0 Å². The second-order valence-corrected chi connectivity index (χ2v) is 16.4. The molecule has 4 aliphatic carbocycles. The summed E-state index contributed by atoms with van der Waals surface area (Å²) < 4.78 is 13.8. The van der Waals surface area contributed by atoms with Crippen molar-refractivity contribution in [1.82, 2.24) is 4.90 Å². The summed E-state index contributed by atoms with van der Waals surface area (Å²) in [5, 5.41) is 0. The van der Waals surface area contributed by atoms with Gasteiger partial charge in [0.15, 0.2) is 6.10 Å². The molecule has 238 valence electrons. The zero-order valence-electron chi connectivity index (χ0n) is 27.6. The summed E-state index contributed by atoms with van der Waals surface area (Å²) in [5.41, 5.74) is 0.372. The quantitative estimate of drug-likeness (QED) is 0.255. The lowest BCUT2D eigenvalue weighted by Gasteiger charge is -2.62. The minimum Gasteiger partial charge on any atom is -0.461 e. The van der Waals surface area contributed by atoms with Crippen molar-refractivity contribution < 1.29 is 23.5 Å². The van der Waals surface area contributed by atoms with Gasteiger partial charge in [0.1, 0.15) is 12.1 Å². The van der Waals surface area contributed by atoms with Crippen LogP contribution in [0.3, 0.4) is 0 Å². The SMILES string of the molecule is CCCC(=O)O[C@@H]1[C@@H]([N+]2(C)CCCCC2)CC2C3CC[C@H]4C[C@H](OC(C)=O)[C@@H](N5CCCCC5)C[C@]4(C)C3CC[C@@]21C. The van der Waals surface area contributed by atoms with Gasteiger partial charge in [-0.1, -0.05) is 27.2 Å². The van der Waals surface area contributed by atoms with Crippen molar-refractivity contribution in [3.05, 3.63) is 0 Å². The molecule has 6 fully saturated rings. The average Bonchev–Trinajstić information content (AvgIpc) is 3.26. The highest BCUT2D eigenvalue weighted by molar-refractivity contribution is 5.69. The molecule has 42 heavy (non-hydrogen) atoms. The Labute approximate surface area is 256 Å². The summed E-state index contributed by atoms with van der Waals surface area (Å²) in [6.07, 6.45) is 17.7. The van der Waals surface area contributed by atoms with Crippen LogP contribution in [-0.2, 0) is 19.1 Å². The molecule has 2 heterocycles. The van der Waals surface area contributed by atoms with E-state index in [0.717, 1.165) is 36.3 Å². The molecule has 0 bridgehead atoms. The van der Waals surface area contributed by atoms with Crippen molar-refractivity contribution in [3.8, 4) is 0 Å². The maximum Gasteiger partial charge on any atom is 0.306 e. The van der Waals surface area contributed by atoms with E-state index in [1.165, 1.54) is 90.1 Å². The third kappa shape index (κ3) is 5.37. The number of likely N-dealkylation sites (N-methyl/N-ethyl adjacent to an activating group) is 1. The van der Waals surface area contributed by atoms with Crippen LogP contribution in [0.1, 0.15) is 124 Å². The number of carbonyl (C=O) groups is 2. The van der Waals surface area contributed by atoms with Crippen LogP contribution >= 0.6 is 0 Å². The van der Waals surface area contributed by atoms with Gasteiger partial charge in [-0.05, 0) is 119 Å². The Kier molecular flexibility index (Phi) is 8.81. The van der Waals surface area contributed by atoms with E-state index in [1.54, 1.807) is 6.92 Å². The first-order valence-corrected chi connectivity index (χ1v) is 18.0. The van der Waals surface area contributed by atoms with Gasteiger partial charge < -0.3 is 14.0 Å². The Balaban J connectivity index is 1.29. The molecule has 3 unspecified atom stereocenters. The van der Waals surface area contributed by atoms with Gasteiger partial charge in [-0.15, -0.1) is 0 Å². The normalized spacial score (nSPS) is 45.3. The van der Waals surface area contributed by atoms with Crippen molar-refractivity contribution in [2.45, 2.75) is 148 Å². The highest BCUT2D eigenvalue weighted by Gasteiger charge is 2.67. The highest BCUT2D eigenvalue weighted by Crippen LogP contribution is 2.67. The molecule has 6 nitrogen and oxygen atoms in total. The number of carbonyl (C=O) groups excluding carboxylic acids is 2. The Morgan fingerprint density at radius 2 is 1.60 bits per heavy atom. The molecule has 2 aliphatic heterocycles. The number of fused-ring (bicyclic) bond motifs is 5. The molecular weight excluding hydrogens is 524 g/mol. The summed E-state index contributed by atoms with van der Waals surface area (Å²) in [5.74, 6) is 2.63. The van der Waals surface area contributed by atoms with Crippen molar-refractivity contribution in [3.63, 3.8) is 0 Å². The van der Waals surface area contributed by atoms with Crippen LogP contribution in [0.25, 0.3) is 0 Å². The second-order valence-electron chi connectivity index (χ2n) is 16.4. The zero-order chi connectivity index (χ0) is 29.7. The molecule has 0 aromatic carbocycles. The molecule has 0 N–H and O–H groups in total. The van der Waals surface area contributed by atoms with E-state index in [4.69, 9.17) is 9.47 Å². The average molecular weight is 586 g/mol. The molecule has 6 rings (SSSR count). The van der Waals surface area contributed by atoms with E-state index < -0.39 is 0 Å². The van der Waals surface area contributed by atoms with Crippen LogP contribution < -0.4 is 0 Å². The number of hydrogen-bond acceptors (Lipinski definition) is 5. The topological polar surface area (TPSA) is 55.8 Å².